The predicted molar refractivity (Wildman–Crippen MR) is 93.4 cm³/mol. The quantitative estimate of drug-likeness (QED) is 0.735. The molecule has 0 spiro atoms. The highest BCUT2D eigenvalue weighted by molar-refractivity contribution is 7.89. The van der Waals surface area contributed by atoms with Crippen LogP contribution in [0, 0.1) is 0 Å². The third-order valence-electron chi connectivity index (χ3n) is 4.17. The van der Waals surface area contributed by atoms with Crippen molar-refractivity contribution in [2.24, 2.45) is 5.73 Å². The Kier molecular flexibility index (Phi) is 6.15. The van der Waals surface area contributed by atoms with Crippen LogP contribution in [0.2, 0.25) is 0 Å². The van der Waals surface area contributed by atoms with E-state index in [-0.39, 0.29) is 35.8 Å². The molecule has 3 N–H and O–H groups in total. The highest BCUT2D eigenvalue weighted by atomic mass is 32.2. The maximum atomic E-state index is 12.7. The number of piperazine rings is 1. The van der Waals surface area contributed by atoms with E-state index < -0.39 is 10.0 Å². The Hall–Kier alpha value is -1.97. The summed E-state index contributed by atoms with van der Waals surface area (Å²) in [6.45, 7) is 4.87. The number of nitrogens with two attached hydrogens (primary N) is 1. The van der Waals surface area contributed by atoms with Crippen molar-refractivity contribution in [3.05, 3.63) is 29.8 Å². The molecule has 8 nitrogen and oxygen atoms in total. The molecule has 0 bridgehead atoms. The van der Waals surface area contributed by atoms with Crippen LogP contribution < -0.4 is 11.1 Å². The molecule has 25 heavy (non-hydrogen) atoms. The molecule has 1 aliphatic rings. The van der Waals surface area contributed by atoms with E-state index in [1.165, 1.54) is 35.5 Å². The van der Waals surface area contributed by atoms with E-state index in [1.54, 1.807) is 11.8 Å². The van der Waals surface area contributed by atoms with Gasteiger partial charge in [-0.05, 0) is 31.2 Å². The topological polar surface area (TPSA) is 113 Å². The van der Waals surface area contributed by atoms with E-state index in [4.69, 9.17) is 5.73 Å². The molecule has 2 rings (SSSR count). The Morgan fingerprint density at radius 3 is 2.20 bits per heavy atom. The van der Waals surface area contributed by atoms with Crippen LogP contribution in [0.1, 0.15) is 24.2 Å². The maximum Gasteiger partial charge on any atom is 0.251 e. The first-order chi connectivity index (χ1) is 11.8. The zero-order valence-corrected chi connectivity index (χ0v) is 15.3. The van der Waals surface area contributed by atoms with Gasteiger partial charge >= 0.3 is 0 Å². The normalized spacial score (nSPS) is 17.2. The Morgan fingerprint density at radius 1 is 1.16 bits per heavy atom. The Balaban J connectivity index is 2.08. The summed E-state index contributed by atoms with van der Waals surface area (Å²) >= 11 is 0. The monoisotopic (exact) mass is 368 g/mol. The number of rotatable bonds is 5. The summed E-state index contributed by atoms with van der Waals surface area (Å²) in [5, 5.41) is 2.72. The standard InChI is InChI=1S/C16H24N4O4S/c1-12(11-17)18-16(22)14-3-5-15(6-4-14)25(23,24)20-9-7-19(8-10-20)13(2)21/h3-6,12H,7-11,17H2,1-2H3,(H,18,22)/t12-/m0/s1. The maximum absolute atomic E-state index is 12.7. The lowest BCUT2D eigenvalue weighted by molar-refractivity contribution is -0.129. The number of nitrogens with one attached hydrogen (secondary N) is 1. The first-order valence-corrected chi connectivity index (χ1v) is 9.56. The minimum absolute atomic E-state index is 0.0564. The van der Waals surface area contributed by atoms with Gasteiger partial charge < -0.3 is 16.0 Å². The summed E-state index contributed by atoms with van der Waals surface area (Å²) in [5.74, 6) is -0.351. The van der Waals surface area contributed by atoms with Crippen LogP contribution >= 0.6 is 0 Å². The lowest BCUT2D eigenvalue weighted by Crippen LogP contribution is -2.49. The molecule has 1 heterocycles. The molecule has 0 aromatic heterocycles. The molecule has 1 fully saturated rings. The van der Waals surface area contributed by atoms with Crippen molar-refractivity contribution in [3.63, 3.8) is 0 Å². The van der Waals surface area contributed by atoms with Crippen LogP contribution in [0.15, 0.2) is 29.2 Å². The van der Waals surface area contributed by atoms with Crippen LogP contribution in [-0.4, -0.2) is 68.2 Å². The van der Waals surface area contributed by atoms with Crippen molar-refractivity contribution in [2.45, 2.75) is 24.8 Å². The van der Waals surface area contributed by atoms with Gasteiger partial charge in [0.15, 0.2) is 0 Å². The lowest BCUT2D eigenvalue weighted by Gasteiger charge is -2.33. The second kappa shape index (κ2) is 7.94. The molecule has 1 aromatic rings. The summed E-state index contributed by atoms with van der Waals surface area (Å²) < 4.78 is 26.7. The number of carbonyl (C=O) groups excluding carboxylic acids is 2. The Morgan fingerprint density at radius 2 is 1.72 bits per heavy atom. The average Bonchev–Trinajstić information content (AvgIpc) is 2.61. The van der Waals surface area contributed by atoms with Crippen molar-refractivity contribution >= 4 is 21.8 Å². The molecule has 1 saturated heterocycles. The molecular weight excluding hydrogens is 344 g/mol. The predicted octanol–water partition coefficient (Wildman–Crippen LogP) is -0.384. The van der Waals surface area contributed by atoms with Gasteiger partial charge in [-0.3, -0.25) is 9.59 Å². The second-order valence-electron chi connectivity index (χ2n) is 6.04. The number of sulfonamides is 1. The van der Waals surface area contributed by atoms with Gasteiger partial charge in [0, 0.05) is 51.3 Å². The van der Waals surface area contributed by atoms with Gasteiger partial charge in [-0.25, -0.2) is 8.42 Å². The summed E-state index contributed by atoms with van der Waals surface area (Å²) in [6, 6.07) is 5.66. The molecule has 0 unspecified atom stereocenters. The highest BCUT2D eigenvalue weighted by Crippen LogP contribution is 2.18. The second-order valence-corrected chi connectivity index (χ2v) is 7.98. The van der Waals surface area contributed by atoms with Gasteiger partial charge in [0.25, 0.3) is 5.91 Å². The minimum atomic E-state index is -3.64. The number of amides is 2. The number of carbonyl (C=O) groups is 2. The summed E-state index contributed by atoms with van der Waals surface area (Å²) in [5.41, 5.74) is 5.84. The summed E-state index contributed by atoms with van der Waals surface area (Å²) in [7, 11) is -3.64. The third kappa shape index (κ3) is 4.56. The lowest BCUT2D eigenvalue weighted by atomic mass is 10.2. The van der Waals surface area contributed by atoms with Gasteiger partial charge in [0.05, 0.1) is 4.90 Å². The molecule has 1 aliphatic heterocycles. The molecule has 2 amide bonds. The van der Waals surface area contributed by atoms with Crippen molar-refractivity contribution in [2.75, 3.05) is 32.7 Å². The fourth-order valence-corrected chi connectivity index (χ4v) is 3.96. The Bertz CT molecular complexity index is 725. The third-order valence-corrected chi connectivity index (χ3v) is 6.08. The first-order valence-electron chi connectivity index (χ1n) is 8.12. The molecule has 0 saturated carbocycles. The fourth-order valence-electron chi connectivity index (χ4n) is 2.54. The van der Waals surface area contributed by atoms with Crippen LogP contribution in [0.4, 0.5) is 0 Å². The number of hydrogen-bond donors (Lipinski definition) is 2. The smallest absolute Gasteiger partial charge is 0.251 e. The SMILES string of the molecule is CC(=O)N1CCN(S(=O)(=O)c2ccc(C(=O)N[C@@H](C)CN)cc2)CC1. The number of nitrogens with zero attached hydrogens (tertiary/aromatic N) is 2. The van der Waals surface area contributed by atoms with Crippen LogP contribution in [0.25, 0.3) is 0 Å². The fraction of sp³-hybridized carbons (Fsp3) is 0.500. The van der Waals surface area contributed by atoms with E-state index in [0.29, 0.717) is 25.2 Å². The van der Waals surface area contributed by atoms with Crippen LogP contribution in [-0.2, 0) is 14.8 Å². The molecular formula is C16H24N4O4S. The molecule has 0 aliphatic carbocycles. The van der Waals surface area contributed by atoms with E-state index in [2.05, 4.69) is 5.32 Å². The molecule has 9 heteroatoms. The van der Waals surface area contributed by atoms with Gasteiger partial charge in [-0.1, -0.05) is 0 Å². The van der Waals surface area contributed by atoms with Gasteiger partial charge in [0.1, 0.15) is 0 Å². The Labute approximate surface area is 148 Å². The van der Waals surface area contributed by atoms with Crippen molar-refractivity contribution in [1.29, 1.82) is 0 Å². The van der Waals surface area contributed by atoms with Crippen molar-refractivity contribution in [3.8, 4) is 0 Å². The largest absolute Gasteiger partial charge is 0.348 e. The van der Waals surface area contributed by atoms with Crippen LogP contribution in [0.3, 0.4) is 0 Å². The minimum Gasteiger partial charge on any atom is -0.348 e. The van der Waals surface area contributed by atoms with E-state index >= 15 is 0 Å². The van der Waals surface area contributed by atoms with E-state index in [1.807, 2.05) is 0 Å². The average molecular weight is 368 g/mol. The van der Waals surface area contributed by atoms with Gasteiger partial charge in [-0.2, -0.15) is 4.31 Å². The molecule has 1 aromatic carbocycles. The summed E-state index contributed by atoms with van der Waals surface area (Å²) in [4.78, 5) is 25.1. The van der Waals surface area contributed by atoms with Crippen molar-refractivity contribution in [1.82, 2.24) is 14.5 Å². The summed E-state index contributed by atoms with van der Waals surface area (Å²) in [6.07, 6.45) is 0. The van der Waals surface area contributed by atoms with Gasteiger partial charge in [-0.15, -0.1) is 0 Å². The van der Waals surface area contributed by atoms with E-state index in [0.717, 1.165) is 0 Å². The molecule has 1 atom stereocenters. The number of hydrogen-bond acceptors (Lipinski definition) is 5. The van der Waals surface area contributed by atoms with Gasteiger partial charge in [0.2, 0.25) is 15.9 Å². The zero-order chi connectivity index (χ0) is 18.6. The highest BCUT2D eigenvalue weighted by Gasteiger charge is 2.29. The van der Waals surface area contributed by atoms with Crippen molar-refractivity contribution < 1.29 is 18.0 Å². The van der Waals surface area contributed by atoms with E-state index in [9.17, 15) is 18.0 Å². The molecule has 0 radical (unpaired) electrons. The molecule has 138 valence electrons. The number of benzene rings is 1. The van der Waals surface area contributed by atoms with Crippen LogP contribution in [0.5, 0.6) is 0 Å². The first kappa shape index (κ1) is 19.4. The zero-order valence-electron chi connectivity index (χ0n) is 14.4.